The van der Waals surface area contributed by atoms with Gasteiger partial charge in [0, 0.05) is 69.7 Å². The number of aromatic nitrogens is 1. The van der Waals surface area contributed by atoms with Crippen molar-refractivity contribution in [3.63, 3.8) is 0 Å². The van der Waals surface area contributed by atoms with Crippen LogP contribution in [0.15, 0.2) is 48.8 Å². The Hall–Kier alpha value is -3.13. The van der Waals surface area contributed by atoms with Crippen LogP contribution in [-0.2, 0) is 9.53 Å². The summed E-state index contributed by atoms with van der Waals surface area (Å²) in [5, 5.41) is 2.95. The number of hydrogen-bond acceptors (Lipinski definition) is 5. The van der Waals surface area contributed by atoms with Crippen LogP contribution in [0.1, 0.15) is 37.2 Å². The maximum Gasteiger partial charge on any atom is 0.321 e. The van der Waals surface area contributed by atoms with Crippen LogP contribution < -0.4 is 10.1 Å². The topological polar surface area (TPSA) is 84.0 Å². The van der Waals surface area contributed by atoms with E-state index in [9.17, 15) is 9.59 Å². The molecule has 0 aliphatic carbocycles. The fourth-order valence-electron chi connectivity index (χ4n) is 4.86. The summed E-state index contributed by atoms with van der Waals surface area (Å²) in [4.78, 5) is 33.0. The summed E-state index contributed by atoms with van der Waals surface area (Å²) in [7, 11) is 0. The first-order valence-corrected chi connectivity index (χ1v) is 12.2. The van der Waals surface area contributed by atoms with Gasteiger partial charge in [-0.15, -0.1) is 0 Å². The molecule has 1 aromatic carbocycles. The first kappa shape index (κ1) is 22.7. The van der Waals surface area contributed by atoms with Crippen LogP contribution in [0.5, 0.6) is 5.75 Å². The summed E-state index contributed by atoms with van der Waals surface area (Å²) in [5.74, 6) is 1.78. The van der Waals surface area contributed by atoms with E-state index in [2.05, 4.69) is 16.4 Å². The number of likely N-dealkylation sites (tertiary alicyclic amines) is 2. The van der Waals surface area contributed by atoms with E-state index in [1.54, 1.807) is 11.1 Å². The number of hydrogen-bond donors (Lipinski definition) is 1. The van der Waals surface area contributed by atoms with Gasteiger partial charge in [-0.05, 0) is 54.7 Å². The molecule has 1 atom stereocenters. The van der Waals surface area contributed by atoms with Crippen molar-refractivity contribution in [3.8, 4) is 5.75 Å². The molecule has 8 nitrogen and oxygen atoms in total. The van der Waals surface area contributed by atoms with E-state index in [0.717, 1.165) is 50.5 Å². The standard InChI is InChI=1S/C26H32N4O4/c31-25(14-19-8-12-33-13-9-19)29-11-7-24(18-29)34-23-5-3-22(4-6-23)28-26(32)30-16-21(17-30)20-2-1-10-27-15-20/h1-6,10,15,19,21,24H,7-9,11-14,16-18H2,(H,28,32). The van der Waals surface area contributed by atoms with Gasteiger partial charge in [0.25, 0.3) is 0 Å². The van der Waals surface area contributed by atoms with Crippen LogP contribution in [0.3, 0.4) is 0 Å². The van der Waals surface area contributed by atoms with Gasteiger partial charge in [0.05, 0.1) is 6.54 Å². The van der Waals surface area contributed by atoms with E-state index in [1.807, 2.05) is 41.4 Å². The van der Waals surface area contributed by atoms with Crippen LogP contribution in [0.25, 0.3) is 0 Å². The van der Waals surface area contributed by atoms with E-state index < -0.39 is 0 Å². The Morgan fingerprint density at radius 3 is 2.56 bits per heavy atom. The van der Waals surface area contributed by atoms with Crippen molar-refractivity contribution >= 4 is 17.6 Å². The molecule has 1 N–H and O–H groups in total. The highest BCUT2D eigenvalue weighted by Gasteiger charge is 2.32. The molecule has 0 saturated carbocycles. The van der Waals surface area contributed by atoms with Crippen LogP contribution in [0.2, 0.25) is 0 Å². The minimum atomic E-state index is -0.0942. The normalized spacial score (nSPS) is 21.2. The van der Waals surface area contributed by atoms with Gasteiger partial charge in [0.2, 0.25) is 5.91 Å². The van der Waals surface area contributed by atoms with Gasteiger partial charge >= 0.3 is 6.03 Å². The molecule has 5 rings (SSSR count). The Balaban J connectivity index is 1.05. The zero-order chi connectivity index (χ0) is 23.3. The maximum atomic E-state index is 12.6. The largest absolute Gasteiger partial charge is 0.489 e. The molecule has 4 heterocycles. The predicted octanol–water partition coefficient (Wildman–Crippen LogP) is 3.51. The smallest absolute Gasteiger partial charge is 0.321 e. The average molecular weight is 465 g/mol. The number of amides is 3. The monoisotopic (exact) mass is 464 g/mol. The first-order chi connectivity index (χ1) is 16.6. The molecule has 3 fully saturated rings. The Morgan fingerprint density at radius 1 is 1.03 bits per heavy atom. The number of nitrogens with zero attached hydrogens (tertiary/aromatic N) is 3. The van der Waals surface area contributed by atoms with Crippen molar-refractivity contribution in [2.75, 3.05) is 44.7 Å². The van der Waals surface area contributed by atoms with Crippen molar-refractivity contribution in [2.24, 2.45) is 5.92 Å². The Morgan fingerprint density at radius 2 is 1.82 bits per heavy atom. The quantitative estimate of drug-likeness (QED) is 0.707. The van der Waals surface area contributed by atoms with Crippen LogP contribution in [0, 0.1) is 5.92 Å². The lowest BCUT2D eigenvalue weighted by molar-refractivity contribution is -0.132. The fraction of sp³-hybridized carbons (Fsp3) is 0.500. The molecule has 0 radical (unpaired) electrons. The van der Waals surface area contributed by atoms with Gasteiger partial charge < -0.3 is 24.6 Å². The van der Waals surface area contributed by atoms with Crippen molar-refractivity contribution in [1.82, 2.24) is 14.8 Å². The molecule has 1 aromatic heterocycles. The van der Waals surface area contributed by atoms with Crippen LogP contribution >= 0.6 is 0 Å². The molecule has 180 valence electrons. The van der Waals surface area contributed by atoms with Crippen molar-refractivity contribution in [2.45, 2.75) is 37.7 Å². The lowest BCUT2D eigenvalue weighted by Crippen LogP contribution is -2.50. The molecular formula is C26H32N4O4. The minimum Gasteiger partial charge on any atom is -0.489 e. The second kappa shape index (κ2) is 10.4. The van der Waals surface area contributed by atoms with Gasteiger partial charge in [-0.25, -0.2) is 4.79 Å². The molecule has 0 spiro atoms. The molecule has 34 heavy (non-hydrogen) atoms. The zero-order valence-electron chi connectivity index (χ0n) is 19.4. The van der Waals surface area contributed by atoms with Gasteiger partial charge in [-0.2, -0.15) is 0 Å². The first-order valence-electron chi connectivity index (χ1n) is 12.2. The van der Waals surface area contributed by atoms with Gasteiger partial charge in [-0.3, -0.25) is 9.78 Å². The third-order valence-electron chi connectivity index (χ3n) is 7.03. The fourth-order valence-corrected chi connectivity index (χ4v) is 4.86. The average Bonchev–Trinajstić information content (AvgIpc) is 3.29. The van der Waals surface area contributed by atoms with E-state index >= 15 is 0 Å². The highest BCUT2D eigenvalue weighted by molar-refractivity contribution is 5.90. The van der Waals surface area contributed by atoms with Crippen LogP contribution in [-0.4, -0.2) is 72.2 Å². The van der Waals surface area contributed by atoms with Crippen LogP contribution in [0.4, 0.5) is 10.5 Å². The number of nitrogens with one attached hydrogen (secondary N) is 1. The number of carbonyl (C=O) groups excluding carboxylic acids is 2. The van der Waals surface area contributed by atoms with Crippen molar-refractivity contribution < 1.29 is 19.1 Å². The van der Waals surface area contributed by atoms with Gasteiger partial charge in [0.15, 0.2) is 0 Å². The highest BCUT2D eigenvalue weighted by Crippen LogP contribution is 2.28. The van der Waals surface area contributed by atoms with E-state index in [0.29, 0.717) is 37.9 Å². The lowest BCUT2D eigenvalue weighted by Gasteiger charge is -2.39. The number of ether oxygens (including phenoxy) is 2. The second-order valence-corrected chi connectivity index (χ2v) is 9.47. The zero-order valence-corrected chi connectivity index (χ0v) is 19.4. The molecule has 0 bridgehead atoms. The molecule has 3 aliphatic heterocycles. The minimum absolute atomic E-state index is 0.00424. The molecule has 3 aliphatic rings. The Bertz CT molecular complexity index is 972. The summed E-state index contributed by atoms with van der Waals surface area (Å²) in [5.41, 5.74) is 1.91. The molecular weight excluding hydrogens is 432 g/mol. The third kappa shape index (κ3) is 5.50. The van der Waals surface area contributed by atoms with E-state index in [1.165, 1.54) is 5.56 Å². The molecule has 1 unspecified atom stereocenters. The molecule has 8 heteroatoms. The molecule has 2 aromatic rings. The number of anilines is 1. The van der Waals surface area contributed by atoms with Crippen molar-refractivity contribution in [3.05, 3.63) is 54.4 Å². The Labute approximate surface area is 200 Å². The summed E-state index contributed by atoms with van der Waals surface area (Å²) in [6, 6.07) is 11.3. The van der Waals surface area contributed by atoms with E-state index in [4.69, 9.17) is 9.47 Å². The number of pyridine rings is 1. The molecule has 3 saturated heterocycles. The van der Waals surface area contributed by atoms with Crippen molar-refractivity contribution in [1.29, 1.82) is 0 Å². The summed E-state index contributed by atoms with van der Waals surface area (Å²) in [6.07, 6.45) is 7.04. The summed E-state index contributed by atoms with van der Waals surface area (Å²) in [6.45, 7) is 4.31. The van der Waals surface area contributed by atoms with E-state index in [-0.39, 0.29) is 18.0 Å². The third-order valence-corrected chi connectivity index (χ3v) is 7.03. The van der Waals surface area contributed by atoms with Gasteiger partial charge in [-0.1, -0.05) is 6.07 Å². The SMILES string of the molecule is O=C(CC1CCOCC1)N1CCC(Oc2ccc(NC(=O)N3CC(c4cccnc4)C3)cc2)C1. The summed E-state index contributed by atoms with van der Waals surface area (Å²) >= 11 is 0. The molecule has 3 amide bonds. The lowest BCUT2D eigenvalue weighted by atomic mass is 9.93. The number of urea groups is 1. The number of benzene rings is 1. The number of carbonyl (C=O) groups is 2. The second-order valence-electron chi connectivity index (χ2n) is 9.47. The maximum absolute atomic E-state index is 12.6. The Kier molecular flexibility index (Phi) is 6.94. The predicted molar refractivity (Wildman–Crippen MR) is 128 cm³/mol. The number of rotatable bonds is 6. The summed E-state index contributed by atoms with van der Waals surface area (Å²) < 4.78 is 11.5. The van der Waals surface area contributed by atoms with Gasteiger partial charge in [0.1, 0.15) is 11.9 Å². The highest BCUT2D eigenvalue weighted by atomic mass is 16.5.